The van der Waals surface area contributed by atoms with Crippen molar-refractivity contribution in [2.75, 3.05) is 0 Å². The molecule has 0 aliphatic heterocycles. The summed E-state index contributed by atoms with van der Waals surface area (Å²) in [6, 6.07) is 0.114. The average Bonchev–Trinajstić information content (AvgIpc) is 2.04. The number of carbonyl (C=O) groups excluding carboxylic acids is 1. The van der Waals surface area contributed by atoms with Gasteiger partial charge in [0.1, 0.15) is 5.78 Å². The molecule has 1 saturated carbocycles. The van der Waals surface area contributed by atoms with Crippen LogP contribution in [0.4, 0.5) is 0 Å². The molecule has 2 atom stereocenters. The molecule has 0 heterocycles. The first-order valence-electron chi connectivity index (χ1n) is 4.54. The van der Waals surface area contributed by atoms with E-state index in [1.54, 1.807) is 0 Å². The molecule has 0 bridgehead atoms. The van der Waals surface area contributed by atoms with Crippen LogP contribution >= 0.6 is 0 Å². The Balaban J connectivity index is 2.47. The highest BCUT2D eigenvalue weighted by Gasteiger charge is 2.26. The van der Waals surface area contributed by atoms with Gasteiger partial charge in [0.2, 0.25) is 0 Å². The highest BCUT2D eigenvalue weighted by molar-refractivity contribution is 5.82. The van der Waals surface area contributed by atoms with Crippen molar-refractivity contribution in [3.8, 4) is 0 Å². The Morgan fingerprint density at radius 2 is 2.36 bits per heavy atom. The Bertz CT molecular complexity index is 144. The quantitative estimate of drug-likeness (QED) is 0.656. The van der Waals surface area contributed by atoms with Crippen LogP contribution in [0, 0.1) is 5.92 Å². The molecule has 0 aromatic carbocycles. The zero-order valence-corrected chi connectivity index (χ0v) is 7.18. The molecule has 0 radical (unpaired) electrons. The summed E-state index contributed by atoms with van der Waals surface area (Å²) in [6.45, 7) is 2.05. The van der Waals surface area contributed by atoms with E-state index < -0.39 is 0 Å². The fraction of sp³-hybridized carbons (Fsp3) is 0.889. The predicted octanol–water partition coefficient (Wildman–Crippen LogP) is 1.48. The van der Waals surface area contributed by atoms with E-state index in [-0.39, 0.29) is 12.0 Å². The lowest BCUT2D eigenvalue weighted by molar-refractivity contribution is -0.125. The molecule has 64 valence electrons. The van der Waals surface area contributed by atoms with Gasteiger partial charge in [-0.15, -0.1) is 0 Å². The molecular formula is C9H17NO. The second-order valence-electron chi connectivity index (χ2n) is 3.39. The summed E-state index contributed by atoms with van der Waals surface area (Å²) in [5, 5.41) is 0. The number of ketones is 1. The summed E-state index contributed by atoms with van der Waals surface area (Å²) in [4.78, 5) is 11.3. The summed E-state index contributed by atoms with van der Waals surface area (Å²) in [7, 11) is 0. The molecule has 11 heavy (non-hydrogen) atoms. The molecule has 2 heteroatoms. The lowest BCUT2D eigenvalue weighted by Gasteiger charge is -2.25. The molecule has 2 unspecified atom stereocenters. The molecule has 2 N–H and O–H groups in total. The van der Waals surface area contributed by atoms with Crippen molar-refractivity contribution in [2.45, 2.75) is 45.1 Å². The first kappa shape index (κ1) is 8.72. The van der Waals surface area contributed by atoms with Crippen LogP contribution in [0.15, 0.2) is 0 Å². The third kappa shape index (κ3) is 2.03. The summed E-state index contributed by atoms with van der Waals surface area (Å²) in [5.41, 5.74) is 5.82. The predicted molar refractivity (Wildman–Crippen MR) is 45.2 cm³/mol. The van der Waals surface area contributed by atoms with Gasteiger partial charge in [0.05, 0.1) is 0 Å². The SMILES string of the molecule is CCC(N)C1CCCCC1=O. The monoisotopic (exact) mass is 155 g/mol. The van der Waals surface area contributed by atoms with E-state index in [9.17, 15) is 4.79 Å². The van der Waals surface area contributed by atoms with Gasteiger partial charge in [0.15, 0.2) is 0 Å². The molecular weight excluding hydrogens is 138 g/mol. The Morgan fingerprint density at radius 1 is 1.64 bits per heavy atom. The minimum absolute atomic E-state index is 0.114. The van der Waals surface area contributed by atoms with Crippen LogP contribution in [-0.2, 0) is 4.79 Å². The van der Waals surface area contributed by atoms with E-state index in [2.05, 4.69) is 0 Å². The van der Waals surface area contributed by atoms with E-state index in [0.717, 1.165) is 25.7 Å². The summed E-state index contributed by atoms with van der Waals surface area (Å²) in [6.07, 6.45) is 4.97. The van der Waals surface area contributed by atoms with E-state index in [1.165, 1.54) is 6.42 Å². The van der Waals surface area contributed by atoms with Crippen LogP contribution in [0.5, 0.6) is 0 Å². The topological polar surface area (TPSA) is 43.1 Å². The maximum Gasteiger partial charge on any atom is 0.137 e. The zero-order valence-electron chi connectivity index (χ0n) is 7.18. The molecule has 2 nitrogen and oxygen atoms in total. The van der Waals surface area contributed by atoms with Gasteiger partial charge in [-0.05, 0) is 19.3 Å². The normalized spacial score (nSPS) is 28.5. The standard InChI is InChI=1S/C9H17NO/c1-2-8(10)7-5-3-4-6-9(7)11/h7-8H,2-6,10H2,1H3. The highest BCUT2D eigenvalue weighted by Crippen LogP contribution is 2.23. The number of Topliss-reactive ketones (excluding diaryl/α,β-unsaturated/α-hetero) is 1. The number of rotatable bonds is 2. The summed E-state index contributed by atoms with van der Waals surface area (Å²) < 4.78 is 0. The molecule has 0 amide bonds. The van der Waals surface area contributed by atoms with Crippen LogP contribution in [0.1, 0.15) is 39.0 Å². The molecule has 0 aromatic rings. The average molecular weight is 155 g/mol. The molecule has 1 rings (SSSR count). The maximum absolute atomic E-state index is 11.3. The van der Waals surface area contributed by atoms with E-state index in [4.69, 9.17) is 5.73 Å². The molecule has 0 spiro atoms. The lowest BCUT2D eigenvalue weighted by atomic mass is 9.82. The van der Waals surface area contributed by atoms with Gasteiger partial charge >= 0.3 is 0 Å². The van der Waals surface area contributed by atoms with E-state index in [1.807, 2.05) is 6.92 Å². The van der Waals surface area contributed by atoms with Crippen LogP contribution in [0.3, 0.4) is 0 Å². The first-order chi connectivity index (χ1) is 5.25. The lowest BCUT2D eigenvalue weighted by Crippen LogP contribution is -2.36. The molecule has 1 fully saturated rings. The van der Waals surface area contributed by atoms with Crippen molar-refractivity contribution in [1.29, 1.82) is 0 Å². The van der Waals surface area contributed by atoms with Gasteiger partial charge < -0.3 is 5.73 Å². The van der Waals surface area contributed by atoms with Crippen molar-refractivity contribution in [3.63, 3.8) is 0 Å². The van der Waals surface area contributed by atoms with Gasteiger partial charge in [-0.3, -0.25) is 4.79 Å². The van der Waals surface area contributed by atoms with Crippen LogP contribution < -0.4 is 5.73 Å². The fourth-order valence-corrected chi connectivity index (χ4v) is 1.75. The van der Waals surface area contributed by atoms with Gasteiger partial charge in [-0.1, -0.05) is 13.3 Å². The first-order valence-corrected chi connectivity index (χ1v) is 4.54. The molecule has 1 aliphatic rings. The fourth-order valence-electron chi connectivity index (χ4n) is 1.75. The van der Waals surface area contributed by atoms with E-state index >= 15 is 0 Å². The van der Waals surface area contributed by atoms with Crippen LogP contribution in [-0.4, -0.2) is 11.8 Å². The maximum atomic E-state index is 11.3. The largest absolute Gasteiger partial charge is 0.327 e. The van der Waals surface area contributed by atoms with Gasteiger partial charge in [0.25, 0.3) is 0 Å². The number of carbonyl (C=O) groups is 1. The third-order valence-electron chi connectivity index (χ3n) is 2.59. The molecule has 0 saturated heterocycles. The Hall–Kier alpha value is -0.370. The Morgan fingerprint density at radius 3 is 2.91 bits per heavy atom. The van der Waals surface area contributed by atoms with Crippen molar-refractivity contribution in [1.82, 2.24) is 0 Å². The zero-order chi connectivity index (χ0) is 8.27. The third-order valence-corrected chi connectivity index (χ3v) is 2.59. The van der Waals surface area contributed by atoms with Crippen molar-refractivity contribution < 1.29 is 4.79 Å². The summed E-state index contributed by atoms with van der Waals surface area (Å²) >= 11 is 0. The Labute approximate surface area is 68.2 Å². The summed E-state index contributed by atoms with van der Waals surface area (Å²) in [5.74, 6) is 0.569. The second kappa shape index (κ2) is 3.86. The molecule has 1 aliphatic carbocycles. The number of hydrogen-bond acceptors (Lipinski definition) is 2. The highest BCUT2D eigenvalue weighted by atomic mass is 16.1. The Kier molecular flexibility index (Phi) is 3.06. The number of hydrogen-bond donors (Lipinski definition) is 1. The second-order valence-corrected chi connectivity index (χ2v) is 3.39. The smallest absolute Gasteiger partial charge is 0.137 e. The minimum atomic E-state index is 0.114. The van der Waals surface area contributed by atoms with Crippen LogP contribution in [0.25, 0.3) is 0 Å². The van der Waals surface area contributed by atoms with Gasteiger partial charge in [-0.2, -0.15) is 0 Å². The van der Waals surface area contributed by atoms with Crippen LogP contribution in [0.2, 0.25) is 0 Å². The number of nitrogens with two attached hydrogens (primary N) is 1. The van der Waals surface area contributed by atoms with Gasteiger partial charge in [0, 0.05) is 18.4 Å². The van der Waals surface area contributed by atoms with Crippen molar-refractivity contribution >= 4 is 5.78 Å². The van der Waals surface area contributed by atoms with Gasteiger partial charge in [-0.25, -0.2) is 0 Å². The van der Waals surface area contributed by atoms with Crippen molar-refractivity contribution in [2.24, 2.45) is 11.7 Å². The molecule has 0 aromatic heterocycles. The minimum Gasteiger partial charge on any atom is -0.327 e. The van der Waals surface area contributed by atoms with Crippen molar-refractivity contribution in [3.05, 3.63) is 0 Å². The van der Waals surface area contributed by atoms with E-state index in [0.29, 0.717) is 5.78 Å².